The number of benzene rings is 1. The molecule has 0 bridgehead atoms. The van der Waals surface area contributed by atoms with Crippen LogP contribution in [0.4, 0.5) is 21.7 Å². The summed E-state index contributed by atoms with van der Waals surface area (Å²) in [6.45, 7) is 8.06. The van der Waals surface area contributed by atoms with Crippen LogP contribution in [0.2, 0.25) is 0 Å². The second-order valence-corrected chi connectivity index (χ2v) is 9.60. The fourth-order valence-corrected chi connectivity index (χ4v) is 4.81. The molecule has 4 aromatic heterocycles. The molecule has 1 aliphatic heterocycles. The second kappa shape index (κ2) is 10.7. The Morgan fingerprint density at radius 1 is 1.00 bits per heavy atom. The number of allylic oxidation sites excluding steroid dienone is 1. The highest BCUT2D eigenvalue weighted by Crippen LogP contribution is 2.24. The minimum Gasteiger partial charge on any atom is -0.369 e. The molecule has 0 atom stereocenters. The predicted octanol–water partition coefficient (Wildman–Crippen LogP) is 3.86. The van der Waals surface area contributed by atoms with Crippen molar-refractivity contribution >= 4 is 28.4 Å². The molecule has 0 amide bonds. The minimum atomic E-state index is -0.486. The lowest BCUT2D eigenvalue weighted by molar-refractivity contribution is 0.313. The third-order valence-electron chi connectivity index (χ3n) is 6.92. The van der Waals surface area contributed by atoms with Crippen LogP contribution in [0.25, 0.3) is 28.2 Å². The molecule has 1 aromatic carbocycles. The molecule has 0 saturated carbocycles. The number of hydrogen-bond donors (Lipinski definition) is 1. The van der Waals surface area contributed by atoms with E-state index in [0.29, 0.717) is 28.5 Å². The summed E-state index contributed by atoms with van der Waals surface area (Å²) in [5, 5.41) is 3.57. The molecule has 1 saturated heterocycles. The Morgan fingerprint density at radius 2 is 1.80 bits per heavy atom. The lowest BCUT2D eigenvalue weighted by atomic mass is 10.2. The Labute approximate surface area is 230 Å². The quantitative estimate of drug-likeness (QED) is 0.313. The number of halogens is 1. The molecule has 40 heavy (non-hydrogen) atoms. The van der Waals surface area contributed by atoms with Gasteiger partial charge in [0.15, 0.2) is 17.3 Å². The number of aromatic nitrogens is 6. The van der Waals surface area contributed by atoms with Gasteiger partial charge in [0.25, 0.3) is 5.56 Å². The van der Waals surface area contributed by atoms with Crippen LogP contribution in [0.3, 0.4) is 0 Å². The molecule has 6 rings (SSSR count). The molecular weight excluding hydrogens is 509 g/mol. The van der Waals surface area contributed by atoms with Gasteiger partial charge < -0.3 is 15.1 Å². The number of likely N-dealkylation sites (N-methyl/N-ethyl adjacent to an activating group) is 1. The largest absolute Gasteiger partial charge is 0.369 e. The van der Waals surface area contributed by atoms with E-state index in [4.69, 9.17) is 4.98 Å². The van der Waals surface area contributed by atoms with Gasteiger partial charge >= 0.3 is 0 Å². The summed E-state index contributed by atoms with van der Waals surface area (Å²) in [6.07, 6.45) is 4.63. The molecule has 1 N–H and O–H groups in total. The van der Waals surface area contributed by atoms with E-state index in [1.165, 1.54) is 34.9 Å². The fourth-order valence-electron chi connectivity index (χ4n) is 4.81. The van der Waals surface area contributed by atoms with Gasteiger partial charge in [0.1, 0.15) is 11.1 Å². The first kappa shape index (κ1) is 25.4. The molecule has 10 nitrogen and oxygen atoms in total. The van der Waals surface area contributed by atoms with Gasteiger partial charge in [0, 0.05) is 49.9 Å². The van der Waals surface area contributed by atoms with Gasteiger partial charge in [-0.15, -0.1) is 6.58 Å². The van der Waals surface area contributed by atoms with Gasteiger partial charge in [-0.05, 0) is 55.6 Å². The lowest BCUT2D eigenvalue weighted by Crippen LogP contribution is -2.44. The number of piperazine rings is 1. The Balaban J connectivity index is 1.36. The van der Waals surface area contributed by atoms with E-state index in [1.54, 1.807) is 29.0 Å². The second-order valence-electron chi connectivity index (χ2n) is 9.60. The molecule has 5 heterocycles. The number of nitrogens with one attached hydrogen (secondary N) is 1. The lowest BCUT2D eigenvalue weighted by Gasteiger charge is -2.34. The summed E-state index contributed by atoms with van der Waals surface area (Å²) in [7, 11) is 2.14. The number of fused-ring (bicyclic) bond motifs is 1. The Morgan fingerprint density at radius 3 is 2.55 bits per heavy atom. The number of hydrogen-bond acceptors (Lipinski definition) is 8. The van der Waals surface area contributed by atoms with E-state index in [2.05, 4.69) is 55.8 Å². The zero-order chi connectivity index (χ0) is 27.6. The zero-order valence-electron chi connectivity index (χ0n) is 22.0. The maximum absolute atomic E-state index is 14.5. The summed E-state index contributed by atoms with van der Waals surface area (Å²) in [4.78, 5) is 35.8. The van der Waals surface area contributed by atoms with Crippen molar-refractivity contribution in [2.45, 2.75) is 6.54 Å². The van der Waals surface area contributed by atoms with E-state index in [9.17, 15) is 9.18 Å². The van der Waals surface area contributed by atoms with Crippen molar-refractivity contribution in [3.05, 3.63) is 95.8 Å². The number of pyridine rings is 2. The maximum atomic E-state index is 14.5. The van der Waals surface area contributed by atoms with Crippen LogP contribution in [0.1, 0.15) is 0 Å². The first-order valence-corrected chi connectivity index (χ1v) is 13.0. The molecule has 0 aliphatic carbocycles. The standard InChI is InChI=1S/C29H28FN9O/c1-3-14-38-28(40)22-19-32-29(33-20-9-11-21(12-10-20)37-17-15-36(2)16-18-37)35-27(22)39(38)25-8-4-7-24(34-25)26-23(30)6-5-13-31-26/h3-13,19H,1,14-18H2,2H3,(H,32,33,35). The molecule has 1 aliphatic rings. The van der Waals surface area contributed by atoms with Crippen molar-refractivity contribution in [3.8, 4) is 17.2 Å². The van der Waals surface area contributed by atoms with Crippen molar-refractivity contribution in [3.63, 3.8) is 0 Å². The number of nitrogens with zero attached hydrogens (tertiary/aromatic N) is 8. The molecule has 0 spiro atoms. The van der Waals surface area contributed by atoms with Crippen LogP contribution < -0.4 is 15.8 Å². The highest BCUT2D eigenvalue weighted by atomic mass is 19.1. The van der Waals surface area contributed by atoms with Crippen LogP contribution in [-0.2, 0) is 6.54 Å². The van der Waals surface area contributed by atoms with E-state index in [0.717, 1.165) is 31.9 Å². The smallest absolute Gasteiger partial charge is 0.278 e. The average molecular weight is 538 g/mol. The summed E-state index contributed by atoms with van der Waals surface area (Å²) in [5.41, 5.74) is 2.53. The highest BCUT2D eigenvalue weighted by Gasteiger charge is 2.19. The maximum Gasteiger partial charge on any atom is 0.278 e. The van der Waals surface area contributed by atoms with Crippen molar-refractivity contribution in [2.75, 3.05) is 43.4 Å². The molecular formula is C29H28FN9O. The SMILES string of the molecule is C=CCn1c(=O)c2cnc(Nc3ccc(N4CCN(C)CC4)cc3)nc2n1-c1cccc(-c2ncccc2F)n1. The zero-order valence-corrected chi connectivity index (χ0v) is 22.0. The molecule has 1 fully saturated rings. The highest BCUT2D eigenvalue weighted by molar-refractivity contribution is 5.77. The van der Waals surface area contributed by atoms with Gasteiger partial charge in [-0.25, -0.2) is 23.7 Å². The van der Waals surface area contributed by atoms with Crippen molar-refractivity contribution in [1.82, 2.24) is 34.2 Å². The first-order chi connectivity index (χ1) is 19.5. The number of anilines is 3. The van der Waals surface area contributed by atoms with E-state index in [1.807, 2.05) is 12.1 Å². The molecule has 202 valence electrons. The van der Waals surface area contributed by atoms with E-state index in [-0.39, 0.29) is 17.8 Å². The topological polar surface area (TPSA) is 97.0 Å². The van der Waals surface area contributed by atoms with Crippen LogP contribution in [0.5, 0.6) is 0 Å². The molecule has 0 unspecified atom stereocenters. The Kier molecular flexibility index (Phi) is 6.79. The van der Waals surface area contributed by atoms with Gasteiger partial charge in [-0.1, -0.05) is 12.1 Å². The predicted molar refractivity (Wildman–Crippen MR) is 154 cm³/mol. The monoisotopic (exact) mass is 537 g/mol. The van der Waals surface area contributed by atoms with Crippen molar-refractivity contribution in [1.29, 1.82) is 0 Å². The third kappa shape index (κ3) is 4.82. The first-order valence-electron chi connectivity index (χ1n) is 13.0. The molecule has 0 radical (unpaired) electrons. The summed E-state index contributed by atoms with van der Waals surface area (Å²) >= 11 is 0. The van der Waals surface area contributed by atoms with Crippen LogP contribution in [0, 0.1) is 5.82 Å². The average Bonchev–Trinajstić information content (AvgIpc) is 3.25. The van der Waals surface area contributed by atoms with Crippen molar-refractivity contribution < 1.29 is 4.39 Å². The normalized spacial score (nSPS) is 14.0. The fraction of sp³-hybridized carbons (Fsp3) is 0.207. The van der Waals surface area contributed by atoms with Gasteiger partial charge in [0.2, 0.25) is 5.95 Å². The summed E-state index contributed by atoms with van der Waals surface area (Å²) < 4.78 is 17.5. The van der Waals surface area contributed by atoms with Gasteiger partial charge in [0.05, 0.1) is 12.2 Å². The van der Waals surface area contributed by atoms with E-state index >= 15 is 0 Å². The van der Waals surface area contributed by atoms with Gasteiger partial charge in [-0.3, -0.25) is 9.78 Å². The van der Waals surface area contributed by atoms with E-state index < -0.39 is 5.82 Å². The Bertz CT molecular complexity index is 1740. The van der Waals surface area contributed by atoms with Crippen LogP contribution >= 0.6 is 0 Å². The number of rotatable bonds is 7. The third-order valence-corrected chi connectivity index (χ3v) is 6.92. The molecule has 11 heteroatoms. The summed E-state index contributed by atoms with van der Waals surface area (Å²) in [6, 6.07) is 16.1. The Hall–Kier alpha value is -4.90. The molecule has 5 aromatic rings. The minimum absolute atomic E-state index is 0.121. The summed E-state index contributed by atoms with van der Waals surface area (Å²) in [5.74, 6) is 0.231. The van der Waals surface area contributed by atoms with Crippen LogP contribution in [0.15, 0.2) is 84.4 Å². The van der Waals surface area contributed by atoms with Crippen LogP contribution in [-0.4, -0.2) is 67.4 Å². The van der Waals surface area contributed by atoms with Gasteiger partial charge in [-0.2, -0.15) is 4.98 Å². The van der Waals surface area contributed by atoms with Crippen molar-refractivity contribution in [2.24, 2.45) is 0 Å².